The molecule has 1 amide bonds. The largest absolute Gasteiger partial charge is 0.456 e. The summed E-state index contributed by atoms with van der Waals surface area (Å²) in [5, 5.41) is 3.02. The minimum atomic E-state index is -0.0270. The van der Waals surface area contributed by atoms with E-state index < -0.39 is 0 Å². The number of benzene rings is 1. The molecule has 0 aliphatic carbocycles. The summed E-state index contributed by atoms with van der Waals surface area (Å²) in [6.07, 6.45) is 6.87. The van der Waals surface area contributed by atoms with Crippen LogP contribution in [0.15, 0.2) is 48.8 Å². The number of hydrogen-bond donors (Lipinski definition) is 1. The van der Waals surface area contributed by atoms with Gasteiger partial charge in [0.05, 0.1) is 6.20 Å². The molecule has 5 nitrogen and oxygen atoms in total. The fourth-order valence-corrected chi connectivity index (χ4v) is 3.06. The first-order valence-electron chi connectivity index (χ1n) is 8.85. The minimum absolute atomic E-state index is 0.0270. The zero-order valence-corrected chi connectivity index (χ0v) is 14.6. The third kappa shape index (κ3) is 5.29. The molecule has 1 fully saturated rings. The smallest absolute Gasteiger partial charge is 0.251 e. The van der Waals surface area contributed by atoms with E-state index in [1.54, 1.807) is 36.7 Å². The molecule has 132 valence electrons. The lowest BCUT2D eigenvalue weighted by Gasteiger charge is -2.28. The Morgan fingerprint density at radius 3 is 2.64 bits per heavy atom. The SMILES string of the molecule is CN1CCC(CCNC(=O)c2ccc(Oc3cccnc3)cc2)CC1. The number of rotatable bonds is 6. The number of carbonyl (C=O) groups is 1. The molecule has 2 aromatic rings. The van der Waals surface area contributed by atoms with E-state index in [0.717, 1.165) is 32.0 Å². The third-order valence-electron chi connectivity index (χ3n) is 4.66. The van der Waals surface area contributed by atoms with E-state index in [-0.39, 0.29) is 5.91 Å². The van der Waals surface area contributed by atoms with Crippen molar-refractivity contribution >= 4 is 5.91 Å². The number of nitrogens with one attached hydrogen (secondary N) is 1. The van der Waals surface area contributed by atoms with Gasteiger partial charge in [-0.05, 0) is 81.7 Å². The number of piperidine rings is 1. The van der Waals surface area contributed by atoms with Gasteiger partial charge in [0.15, 0.2) is 0 Å². The predicted molar refractivity (Wildman–Crippen MR) is 97.9 cm³/mol. The van der Waals surface area contributed by atoms with Gasteiger partial charge in [-0.25, -0.2) is 0 Å². The maximum atomic E-state index is 12.2. The highest BCUT2D eigenvalue weighted by molar-refractivity contribution is 5.94. The van der Waals surface area contributed by atoms with E-state index in [4.69, 9.17) is 4.74 Å². The number of pyridine rings is 1. The van der Waals surface area contributed by atoms with E-state index in [9.17, 15) is 4.79 Å². The molecule has 1 aliphatic heterocycles. The summed E-state index contributed by atoms with van der Waals surface area (Å²) in [5.74, 6) is 2.07. The minimum Gasteiger partial charge on any atom is -0.456 e. The summed E-state index contributed by atoms with van der Waals surface area (Å²) in [6, 6.07) is 10.9. The van der Waals surface area contributed by atoms with Crippen molar-refractivity contribution in [1.82, 2.24) is 15.2 Å². The maximum Gasteiger partial charge on any atom is 0.251 e. The van der Waals surface area contributed by atoms with Crippen molar-refractivity contribution in [2.45, 2.75) is 19.3 Å². The topological polar surface area (TPSA) is 54.5 Å². The highest BCUT2D eigenvalue weighted by Gasteiger charge is 2.16. The van der Waals surface area contributed by atoms with Crippen LogP contribution >= 0.6 is 0 Å². The van der Waals surface area contributed by atoms with Crippen LogP contribution in [0.2, 0.25) is 0 Å². The molecule has 5 heteroatoms. The Morgan fingerprint density at radius 2 is 1.96 bits per heavy atom. The van der Waals surface area contributed by atoms with Gasteiger partial charge in [0.1, 0.15) is 11.5 Å². The summed E-state index contributed by atoms with van der Waals surface area (Å²) in [5.41, 5.74) is 0.655. The zero-order chi connectivity index (χ0) is 17.5. The van der Waals surface area contributed by atoms with Gasteiger partial charge in [0.25, 0.3) is 5.91 Å². The second-order valence-corrected chi connectivity index (χ2v) is 6.61. The van der Waals surface area contributed by atoms with E-state index in [1.165, 1.54) is 12.8 Å². The van der Waals surface area contributed by atoms with Crippen LogP contribution in [0.25, 0.3) is 0 Å². The molecule has 1 aliphatic rings. The average molecular weight is 339 g/mol. The third-order valence-corrected chi connectivity index (χ3v) is 4.66. The van der Waals surface area contributed by atoms with Gasteiger partial charge in [-0.2, -0.15) is 0 Å². The molecule has 1 aromatic carbocycles. The van der Waals surface area contributed by atoms with Gasteiger partial charge in [-0.1, -0.05) is 0 Å². The van der Waals surface area contributed by atoms with Crippen molar-refractivity contribution in [2.24, 2.45) is 5.92 Å². The number of aromatic nitrogens is 1. The summed E-state index contributed by atoms with van der Waals surface area (Å²) >= 11 is 0. The van der Waals surface area contributed by atoms with E-state index in [0.29, 0.717) is 17.1 Å². The van der Waals surface area contributed by atoms with Crippen molar-refractivity contribution in [3.63, 3.8) is 0 Å². The van der Waals surface area contributed by atoms with E-state index in [2.05, 4.69) is 22.2 Å². The Bertz CT molecular complexity index is 665. The van der Waals surface area contributed by atoms with Gasteiger partial charge >= 0.3 is 0 Å². The fourth-order valence-electron chi connectivity index (χ4n) is 3.06. The molecule has 1 N–H and O–H groups in total. The molecule has 0 saturated carbocycles. The molecular formula is C20H25N3O2. The van der Waals surface area contributed by atoms with Gasteiger partial charge in [-0.3, -0.25) is 9.78 Å². The second-order valence-electron chi connectivity index (χ2n) is 6.61. The molecule has 0 spiro atoms. The summed E-state index contributed by atoms with van der Waals surface area (Å²) in [7, 11) is 2.17. The Labute approximate surface area is 149 Å². The van der Waals surface area contributed by atoms with Crippen LogP contribution in [0.4, 0.5) is 0 Å². The first-order chi connectivity index (χ1) is 12.2. The van der Waals surface area contributed by atoms with Gasteiger partial charge in [-0.15, -0.1) is 0 Å². The van der Waals surface area contributed by atoms with Crippen molar-refractivity contribution in [1.29, 1.82) is 0 Å². The summed E-state index contributed by atoms with van der Waals surface area (Å²) in [6.45, 7) is 3.06. The van der Waals surface area contributed by atoms with Crippen LogP contribution in [-0.4, -0.2) is 42.5 Å². The summed E-state index contributed by atoms with van der Waals surface area (Å²) in [4.78, 5) is 18.6. The highest BCUT2D eigenvalue weighted by atomic mass is 16.5. The molecule has 0 bridgehead atoms. The van der Waals surface area contributed by atoms with Gasteiger partial charge in [0, 0.05) is 18.3 Å². The van der Waals surface area contributed by atoms with Gasteiger partial charge < -0.3 is 15.0 Å². The number of nitrogens with zero attached hydrogens (tertiary/aromatic N) is 2. The molecule has 3 rings (SSSR count). The lowest BCUT2D eigenvalue weighted by atomic mass is 9.94. The first kappa shape index (κ1) is 17.4. The lowest BCUT2D eigenvalue weighted by Crippen LogP contribution is -2.32. The molecule has 2 heterocycles. The van der Waals surface area contributed by atoms with Gasteiger partial charge in [0.2, 0.25) is 0 Å². The molecule has 0 atom stereocenters. The molecule has 25 heavy (non-hydrogen) atoms. The molecule has 1 aromatic heterocycles. The Balaban J connectivity index is 1.44. The standard InChI is InChI=1S/C20H25N3O2/c1-23-13-9-16(10-14-23)8-12-22-20(24)17-4-6-18(7-5-17)25-19-3-2-11-21-15-19/h2-7,11,15-16H,8-10,12-14H2,1H3,(H,22,24). The van der Waals surface area contributed by atoms with Crippen molar-refractivity contribution < 1.29 is 9.53 Å². The lowest BCUT2D eigenvalue weighted by molar-refractivity contribution is 0.0949. The fraction of sp³-hybridized carbons (Fsp3) is 0.400. The number of ether oxygens (including phenoxy) is 1. The zero-order valence-electron chi connectivity index (χ0n) is 14.6. The second kappa shape index (κ2) is 8.62. The number of hydrogen-bond acceptors (Lipinski definition) is 4. The number of likely N-dealkylation sites (tertiary alicyclic amines) is 1. The predicted octanol–water partition coefficient (Wildman–Crippen LogP) is 3.34. The monoisotopic (exact) mass is 339 g/mol. The Morgan fingerprint density at radius 1 is 1.20 bits per heavy atom. The van der Waals surface area contributed by atoms with Crippen LogP contribution < -0.4 is 10.1 Å². The number of amides is 1. The van der Waals surface area contributed by atoms with Crippen LogP contribution in [0.5, 0.6) is 11.5 Å². The average Bonchev–Trinajstić information content (AvgIpc) is 2.65. The maximum absolute atomic E-state index is 12.2. The normalized spacial score (nSPS) is 15.7. The van der Waals surface area contributed by atoms with Crippen molar-refractivity contribution in [3.8, 4) is 11.5 Å². The quantitative estimate of drug-likeness (QED) is 0.877. The van der Waals surface area contributed by atoms with Crippen LogP contribution in [0.3, 0.4) is 0 Å². The van der Waals surface area contributed by atoms with E-state index in [1.807, 2.05) is 12.1 Å². The highest BCUT2D eigenvalue weighted by Crippen LogP contribution is 2.21. The molecule has 0 unspecified atom stereocenters. The molecule has 1 saturated heterocycles. The van der Waals surface area contributed by atoms with Crippen molar-refractivity contribution in [3.05, 3.63) is 54.4 Å². The molecular weight excluding hydrogens is 314 g/mol. The van der Waals surface area contributed by atoms with Crippen molar-refractivity contribution in [2.75, 3.05) is 26.7 Å². The Kier molecular flexibility index (Phi) is 6.01. The van der Waals surface area contributed by atoms with E-state index >= 15 is 0 Å². The number of carbonyl (C=O) groups excluding carboxylic acids is 1. The van der Waals surface area contributed by atoms with Crippen LogP contribution in [0, 0.1) is 5.92 Å². The van der Waals surface area contributed by atoms with Crippen LogP contribution in [-0.2, 0) is 0 Å². The Hall–Kier alpha value is -2.40. The van der Waals surface area contributed by atoms with Crippen LogP contribution in [0.1, 0.15) is 29.6 Å². The first-order valence-corrected chi connectivity index (χ1v) is 8.85. The summed E-state index contributed by atoms with van der Waals surface area (Å²) < 4.78 is 5.68. The molecule has 0 radical (unpaired) electrons.